The number of rotatable bonds is 5. The Kier molecular flexibility index (Phi) is 4.80. The van der Waals surface area contributed by atoms with E-state index >= 15 is 0 Å². The van der Waals surface area contributed by atoms with E-state index in [0.717, 1.165) is 12.2 Å². The molecule has 1 fully saturated rings. The van der Waals surface area contributed by atoms with Gasteiger partial charge in [0, 0.05) is 12.6 Å². The molecule has 1 aliphatic heterocycles. The summed E-state index contributed by atoms with van der Waals surface area (Å²) in [6, 6.07) is 9.00. The Morgan fingerprint density at radius 3 is 2.47 bits per heavy atom. The van der Waals surface area contributed by atoms with Crippen LogP contribution in [0.2, 0.25) is 0 Å². The highest BCUT2D eigenvalue weighted by atomic mass is 16.5. The van der Waals surface area contributed by atoms with Gasteiger partial charge in [0.1, 0.15) is 5.75 Å². The van der Waals surface area contributed by atoms with Crippen molar-refractivity contribution < 1.29 is 4.74 Å². The predicted octanol–water partition coefficient (Wildman–Crippen LogP) is 1.98. The molecule has 1 heterocycles. The molecule has 1 aromatic rings. The standard InChI is InChI=1S/C15H25N3O/c1-4-10(2)19-13-7-5-12(6-8-13)15-11(3)14(9-16)17-18-15/h5-8,10-11,14-15,17-18H,4,9,16H2,1-3H3. The lowest BCUT2D eigenvalue weighted by Crippen LogP contribution is -2.37. The van der Waals surface area contributed by atoms with Gasteiger partial charge in [0.15, 0.2) is 0 Å². The zero-order valence-corrected chi connectivity index (χ0v) is 12.0. The van der Waals surface area contributed by atoms with Crippen molar-refractivity contribution in [2.75, 3.05) is 6.54 Å². The maximum atomic E-state index is 5.79. The lowest BCUT2D eigenvalue weighted by molar-refractivity contribution is 0.217. The zero-order valence-electron chi connectivity index (χ0n) is 12.0. The SMILES string of the molecule is CCC(C)Oc1ccc(C2NNC(CN)C2C)cc1. The fourth-order valence-electron chi connectivity index (χ4n) is 2.42. The second-order valence-electron chi connectivity index (χ2n) is 5.37. The Labute approximate surface area is 115 Å². The number of hydrogen-bond acceptors (Lipinski definition) is 4. The molecular weight excluding hydrogens is 238 g/mol. The molecule has 4 N–H and O–H groups in total. The second-order valence-corrected chi connectivity index (χ2v) is 5.37. The summed E-state index contributed by atoms with van der Waals surface area (Å²) < 4.78 is 5.79. The number of nitrogens with one attached hydrogen (secondary N) is 2. The molecule has 0 saturated carbocycles. The van der Waals surface area contributed by atoms with Crippen LogP contribution in [-0.2, 0) is 0 Å². The van der Waals surface area contributed by atoms with Crippen molar-refractivity contribution in [3.8, 4) is 5.75 Å². The van der Waals surface area contributed by atoms with E-state index in [9.17, 15) is 0 Å². The van der Waals surface area contributed by atoms with E-state index in [2.05, 4.69) is 43.8 Å². The Morgan fingerprint density at radius 2 is 1.95 bits per heavy atom. The minimum absolute atomic E-state index is 0.262. The van der Waals surface area contributed by atoms with Gasteiger partial charge < -0.3 is 10.5 Å². The molecule has 2 rings (SSSR count). The van der Waals surface area contributed by atoms with E-state index in [1.807, 2.05) is 12.1 Å². The van der Waals surface area contributed by atoms with Gasteiger partial charge in [0.05, 0.1) is 12.1 Å². The van der Waals surface area contributed by atoms with Crippen LogP contribution in [0.1, 0.15) is 38.8 Å². The van der Waals surface area contributed by atoms with Gasteiger partial charge in [0.25, 0.3) is 0 Å². The molecule has 4 heteroatoms. The van der Waals surface area contributed by atoms with Crippen LogP contribution in [0.25, 0.3) is 0 Å². The molecular formula is C15H25N3O. The Bertz CT molecular complexity index is 393. The Hall–Kier alpha value is -1.10. The predicted molar refractivity (Wildman–Crippen MR) is 77.8 cm³/mol. The van der Waals surface area contributed by atoms with Crippen LogP contribution in [0, 0.1) is 5.92 Å². The van der Waals surface area contributed by atoms with Gasteiger partial charge in [-0.05, 0) is 37.0 Å². The topological polar surface area (TPSA) is 59.3 Å². The van der Waals surface area contributed by atoms with E-state index in [1.54, 1.807) is 0 Å². The largest absolute Gasteiger partial charge is 0.491 e. The fraction of sp³-hybridized carbons (Fsp3) is 0.600. The molecule has 0 aromatic heterocycles. The molecule has 0 radical (unpaired) electrons. The molecule has 4 unspecified atom stereocenters. The monoisotopic (exact) mass is 263 g/mol. The normalized spacial score (nSPS) is 28.3. The zero-order chi connectivity index (χ0) is 13.8. The molecule has 0 spiro atoms. The highest BCUT2D eigenvalue weighted by molar-refractivity contribution is 5.30. The minimum Gasteiger partial charge on any atom is -0.491 e. The number of nitrogens with two attached hydrogens (primary N) is 1. The van der Waals surface area contributed by atoms with E-state index < -0.39 is 0 Å². The highest BCUT2D eigenvalue weighted by Gasteiger charge is 2.32. The summed E-state index contributed by atoms with van der Waals surface area (Å²) in [6.45, 7) is 7.09. The number of benzene rings is 1. The van der Waals surface area contributed by atoms with Crippen LogP contribution in [0.3, 0.4) is 0 Å². The molecule has 0 amide bonds. The van der Waals surface area contributed by atoms with Crippen molar-refractivity contribution in [1.82, 2.24) is 10.9 Å². The molecule has 4 nitrogen and oxygen atoms in total. The maximum Gasteiger partial charge on any atom is 0.119 e. The summed E-state index contributed by atoms with van der Waals surface area (Å²) in [5.74, 6) is 1.42. The first kappa shape index (κ1) is 14.3. The molecule has 4 atom stereocenters. The third-order valence-electron chi connectivity index (χ3n) is 3.99. The minimum atomic E-state index is 0.262. The van der Waals surface area contributed by atoms with Gasteiger partial charge in [0.2, 0.25) is 0 Å². The summed E-state index contributed by atoms with van der Waals surface area (Å²) in [6.07, 6.45) is 1.28. The molecule has 1 saturated heterocycles. The summed E-state index contributed by atoms with van der Waals surface area (Å²) >= 11 is 0. The summed E-state index contributed by atoms with van der Waals surface area (Å²) in [7, 11) is 0. The van der Waals surface area contributed by atoms with Gasteiger partial charge in [-0.2, -0.15) is 0 Å². The summed E-state index contributed by atoms with van der Waals surface area (Å²) in [5.41, 5.74) is 13.6. The third kappa shape index (κ3) is 3.26. The van der Waals surface area contributed by atoms with Crippen molar-refractivity contribution in [1.29, 1.82) is 0 Å². The van der Waals surface area contributed by atoms with E-state index in [0.29, 0.717) is 24.5 Å². The lowest BCUT2D eigenvalue weighted by atomic mass is 9.91. The van der Waals surface area contributed by atoms with Crippen LogP contribution in [-0.4, -0.2) is 18.7 Å². The maximum absolute atomic E-state index is 5.79. The Morgan fingerprint density at radius 1 is 1.26 bits per heavy atom. The van der Waals surface area contributed by atoms with Crippen molar-refractivity contribution in [2.45, 2.75) is 45.4 Å². The number of ether oxygens (including phenoxy) is 1. The molecule has 1 aromatic carbocycles. The first-order chi connectivity index (χ1) is 9.15. The first-order valence-corrected chi connectivity index (χ1v) is 7.13. The molecule has 1 aliphatic rings. The molecule has 106 valence electrons. The van der Waals surface area contributed by atoms with Gasteiger partial charge in [-0.1, -0.05) is 26.0 Å². The summed E-state index contributed by atoms with van der Waals surface area (Å²) in [4.78, 5) is 0. The van der Waals surface area contributed by atoms with Crippen LogP contribution in [0.4, 0.5) is 0 Å². The highest BCUT2D eigenvalue weighted by Crippen LogP contribution is 2.29. The van der Waals surface area contributed by atoms with Gasteiger partial charge in [-0.15, -0.1) is 0 Å². The van der Waals surface area contributed by atoms with Crippen LogP contribution in [0.15, 0.2) is 24.3 Å². The van der Waals surface area contributed by atoms with E-state index in [1.165, 1.54) is 5.56 Å². The number of hydrazine groups is 1. The smallest absolute Gasteiger partial charge is 0.119 e. The average molecular weight is 263 g/mol. The fourth-order valence-corrected chi connectivity index (χ4v) is 2.42. The van der Waals surface area contributed by atoms with Gasteiger partial charge in [-0.3, -0.25) is 5.43 Å². The molecule has 0 bridgehead atoms. The summed E-state index contributed by atoms with van der Waals surface area (Å²) in [5, 5.41) is 0. The van der Waals surface area contributed by atoms with Crippen LogP contribution < -0.4 is 21.3 Å². The molecule has 0 aliphatic carbocycles. The Balaban J connectivity index is 2.02. The van der Waals surface area contributed by atoms with Gasteiger partial charge in [-0.25, -0.2) is 5.43 Å². The van der Waals surface area contributed by atoms with E-state index in [4.69, 9.17) is 10.5 Å². The number of hydrogen-bond donors (Lipinski definition) is 3. The molecule has 19 heavy (non-hydrogen) atoms. The van der Waals surface area contributed by atoms with Crippen LogP contribution in [0.5, 0.6) is 5.75 Å². The van der Waals surface area contributed by atoms with Crippen LogP contribution >= 0.6 is 0 Å². The van der Waals surface area contributed by atoms with Crippen molar-refractivity contribution in [3.05, 3.63) is 29.8 Å². The van der Waals surface area contributed by atoms with Crippen molar-refractivity contribution in [2.24, 2.45) is 11.7 Å². The van der Waals surface area contributed by atoms with Crippen molar-refractivity contribution >= 4 is 0 Å². The second kappa shape index (κ2) is 6.37. The first-order valence-electron chi connectivity index (χ1n) is 7.13. The lowest BCUT2D eigenvalue weighted by Gasteiger charge is -2.18. The quantitative estimate of drug-likeness (QED) is 0.760. The average Bonchev–Trinajstić information content (AvgIpc) is 2.80. The van der Waals surface area contributed by atoms with Crippen molar-refractivity contribution in [3.63, 3.8) is 0 Å². The van der Waals surface area contributed by atoms with Gasteiger partial charge >= 0.3 is 0 Å². The third-order valence-corrected chi connectivity index (χ3v) is 3.99. The van der Waals surface area contributed by atoms with E-state index in [-0.39, 0.29) is 6.10 Å².